The molecule has 1 atom stereocenters. The fourth-order valence-corrected chi connectivity index (χ4v) is 1.97. The highest BCUT2D eigenvalue weighted by Gasteiger charge is 2.16. The van der Waals surface area contributed by atoms with Gasteiger partial charge in [0.2, 0.25) is 6.29 Å². The molecule has 0 aliphatic heterocycles. The first kappa shape index (κ1) is 16.7. The van der Waals surface area contributed by atoms with E-state index in [0.29, 0.717) is 5.56 Å². The molecule has 2 aromatic rings. The van der Waals surface area contributed by atoms with Crippen molar-refractivity contribution in [1.29, 1.82) is 0 Å². The predicted molar refractivity (Wildman–Crippen MR) is 82.9 cm³/mol. The molecule has 0 aromatic heterocycles. The van der Waals surface area contributed by atoms with Crippen LogP contribution in [0, 0.1) is 6.92 Å². The van der Waals surface area contributed by atoms with Crippen LogP contribution in [-0.4, -0.2) is 19.0 Å². The number of carbonyl (C=O) groups excluding carboxylic acids is 2. The van der Waals surface area contributed by atoms with Crippen LogP contribution < -0.4 is 0 Å². The predicted octanol–water partition coefficient (Wildman–Crippen LogP) is 2.84. The number of aryl methyl sites for hydroxylation is 1. The van der Waals surface area contributed by atoms with Gasteiger partial charge in [-0.15, -0.1) is 0 Å². The van der Waals surface area contributed by atoms with Gasteiger partial charge in [0.15, 0.2) is 0 Å². The van der Waals surface area contributed by atoms with Gasteiger partial charge in [-0.05, 0) is 18.1 Å². The van der Waals surface area contributed by atoms with Crippen molar-refractivity contribution in [3.05, 3.63) is 71.3 Å². The van der Waals surface area contributed by atoms with E-state index in [-0.39, 0.29) is 13.2 Å². The minimum absolute atomic E-state index is 0.172. The molecule has 0 aliphatic carbocycles. The van der Waals surface area contributed by atoms with E-state index in [0.717, 1.165) is 11.1 Å². The Labute approximate surface area is 134 Å². The highest BCUT2D eigenvalue weighted by Crippen LogP contribution is 2.17. The van der Waals surface area contributed by atoms with E-state index in [4.69, 9.17) is 14.2 Å². The molecule has 1 unspecified atom stereocenters. The lowest BCUT2D eigenvalue weighted by molar-refractivity contribution is -0.162. The number of esters is 1. The molecular formula is C18H17O5. The van der Waals surface area contributed by atoms with Gasteiger partial charge in [-0.2, -0.15) is 0 Å². The largest absolute Gasteiger partial charge is 0.459 e. The molecule has 0 saturated carbocycles. The highest BCUT2D eigenvalue weighted by molar-refractivity contribution is 5.70. The number of carbonyl (C=O) groups is 1. The zero-order chi connectivity index (χ0) is 16.5. The number of benzene rings is 2. The van der Waals surface area contributed by atoms with Crippen LogP contribution in [0.25, 0.3) is 0 Å². The summed E-state index contributed by atoms with van der Waals surface area (Å²) >= 11 is 0. The molecule has 0 aliphatic rings. The minimum atomic E-state index is -0.986. The Morgan fingerprint density at radius 1 is 1.09 bits per heavy atom. The summed E-state index contributed by atoms with van der Waals surface area (Å²) in [5.41, 5.74) is 2.59. The maximum atomic E-state index is 11.8. The van der Waals surface area contributed by atoms with Crippen molar-refractivity contribution in [2.75, 3.05) is 6.61 Å². The van der Waals surface area contributed by atoms with Crippen LogP contribution in [0.5, 0.6) is 0 Å². The third kappa shape index (κ3) is 5.23. The second-order valence-corrected chi connectivity index (χ2v) is 4.84. The van der Waals surface area contributed by atoms with Crippen LogP contribution in [0.15, 0.2) is 54.6 Å². The van der Waals surface area contributed by atoms with Crippen LogP contribution in [0.3, 0.4) is 0 Å². The van der Waals surface area contributed by atoms with Gasteiger partial charge in [-0.1, -0.05) is 54.6 Å². The summed E-state index contributed by atoms with van der Waals surface area (Å²) in [7, 11) is 0. The van der Waals surface area contributed by atoms with Gasteiger partial charge >= 0.3 is 12.4 Å². The van der Waals surface area contributed by atoms with Gasteiger partial charge < -0.3 is 14.2 Å². The van der Waals surface area contributed by atoms with Crippen molar-refractivity contribution in [2.45, 2.75) is 19.8 Å². The summed E-state index contributed by atoms with van der Waals surface area (Å²) in [6.45, 7) is 3.12. The summed E-state index contributed by atoms with van der Waals surface area (Å²) in [5, 5.41) is 0. The molecule has 2 aromatic carbocycles. The monoisotopic (exact) mass is 313 g/mol. The zero-order valence-corrected chi connectivity index (χ0v) is 12.7. The standard InChI is InChI=1S/C18H17O5/c1-14-7-5-6-10-16(14)11-21-17(20)12-22-18(23-13-19)15-8-3-2-4-9-15/h2-10,18H,11-12H2,1H3. The van der Waals surface area contributed by atoms with Crippen LogP contribution in [-0.2, 0) is 30.4 Å². The van der Waals surface area contributed by atoms with Crippen molar-refractivity contribution in [1.82, 2.24) is 0 Å². The highest BCUT2D eigenvalue weighted by atomic mass is 16.7. The Bertz CT molecular complexity index is 639. The molecule has 2 rings (SSSR count). The first-order chi connectivity index (χ1) is 11.2. The quantitative estimate of drug-likeness (QED) is 0.554. The van der Waals surface area contributed by atoms with Gasteiger partial charge in [-0.25, -0.2) is 9.59 Å². The second-order valence-electron chi connectivity index (χ2n) is 4.84. The normalized spacial score (nSPS) is 11.5. The fourth-order valence-electron chi connectivity index (χ4n) is 1.97. The summed E-state index contributed by atoms with van der Waals surface area (Å²) in [5.74, 6) is -0.538. The maximum absolute atomic E-state index is 11.8. The molecule has 0 spiro atoms. The van der Waals surface area contributed by atoms with E-state index in [9.17, 15) is 9.59 Å². The fraction of sp³-hybridized carbons (Fsp3) is 0.222. The topological polar surface area (TPSA) is 61.8 Å². The third-order valence-corrected chi connectivity index (χ3v) is 3.23. The summed E-state index contributed by atoms with van der Waals surface area (Å²) in [6, 6.07) is 16.4. The molecule has 0 fully saturated rings. The molecular weight excluding hydrogens is 296 g/mol. The third-order valence-electron chi connectivity index (χ3n) is 3.23. The average Bonchev–Trinajstić information content (AvgIpc) is 2.58. The maximum Gasteiger partial charge on any atom is 0.420 e. The van der Waals surface area contributed by atoms with Crippen molar-refractivity contribution in [3.63, 3.8) is 0 Å². The number of rotatable bonds is 8. The Morgan fingerprint density at radius 2 is 1.78 bits per heavy atom. The molecule has 0 bridgehead atoms. The van der Waals surface area contributed by atoms with Gasteiger partial charge in [0.25, 0.3) is 0 Å². The Balaban J connectivity index is 1.84. The van der Waals surface area contributed by atoms with Crippen molar-refractivity contribution < 1.29 is 23.8 Å². The number of ether oxygens (including phenoxy) is 3. The lowest BCUT2D eigenvalue weighted by Gasteiger charge is -2.15. The van der Waals surface area contributed by atoms with E-state index in [1.807, 2.05) is 37.3 Å². The lowest BCUT2D eigenvalue weighted by Crippen LogP contribution is -2.17. The Kier molecular flexibility index (Phi) is 6.32. The second kappa shape index (κ2) is 8.70. The molecule has 0 heterocycles. The summed E-state index contributed by atoms with van der Waals surface area (Å²) < 4.78 is 15.2. The van der Waals surface area contributed by atoms with Crippen molar-refractivity contribution >= 4 is 12.4 Å². The molecule has 23 heavy (non-hydrogen) atoms. The van der Waals surface area contributed by atoms with Crippen LogP contribution >= 0.6 is 0 Å². The summed E-state index contributed by atoms with van der Waals surface area (Å²) in [4.78, 5) is 22.2. The Hall–Kier alpha value is -2.66. The van der Waals surface area contributed by atoms with E-state index in [2.05, 4.69) is 0 Å². The molecule has 0 saturated heterocycles. The van der Waals surface area contributed by atoms with Crippen LogP contribution in [0.1, 0.15) is 23.0 Å². The van der Waals surface area contributed by atoms with Crippen molar-refractivity contribution in [2.24, 2.45) is 0 Å². The molecule has 119 valence electrons. The smallest absolute Gasteiger partial charge is 0.420 e. The number of hydrogen-bond acceptors (Lipinski definition) is 5. The number of hydrogen-bond donors (Lipinski definition) is 0. The molecule has 5 heteroatoms. The molecule has 0 N–H and O–H groups in total. The van der Waals surface area contributed by atoms with Gasteiger partial charge in [-0.3, -0.25) is 0 Å². The first-order valence-electron chi connectivity index (χ1n) is 7.10. The van der Waals surface area contributed by atoms with Crippen LogP contribution in [0.4, 0.5) is 0 Å². The zero-order valence-electron chi connectivity index (χ0n) is 12.7. The SMILES string of the molecule is Cc1ccccc1COC(=O)COC(O[C]=O)c1ccccc1. The van der Waals surface area contributed by atoms with E-state index < -0.39 is 12.3 Å². The minimum Gasteiger partial charge on any atom is -0.459 e. The van der Waals surface area contributed by atoms with Gasteiger partial charge in [0.1, 0.15) is 13.2 Å². The first-order valence-corrected chi connectivity index (χ1v) is 7.10. The van der Waals surface area contributed by atoms with E-state index >= 15 is 0 Å². The van der Waals surface area contributed by atoms with E-state index in [1.165, 1.54) is 6.47 Å². The average molecular weight is 313 g/mol. The van der Waals surface area contributed by atoms with Crippen LogP contribution in [0.2, 0.25) is 0 Å². The summed E-state index contributed by atoms with van der Waals surface area (Å²) in [6.07, 6.45) is -0.986. The molecule has 5 nitrogen and oxygen atoms in total. The van der Waals surface area contributed by atoms with Gasteiger partial charge in [0, 0.05) is 5.56 Å². The lowest BCUT2D eigenvalue weighted by atomic mass is 10.1. The van der Waals surface area contributed by atoms with E-state index in [1.54, 1.807) is 24.3 Å². The van der Waals surface area contributed by atoms with Crippen molar-refractivity contribution in [3.8, 4) is 0 Å². The molecule has 0 amide bonds. The van der Waals surface area contributed by atoms with Gasteiger partial charge in [0.05, 0.1) is 0 Å². The Morgan fingerprint density at radius 3 is 2.48 bits per heavy atom. The molecule has 1 radical (unpaired) electrons.